The third kappa shape index (κ3) is 4.32. The van der Waals surface area contributed by atoms with Crippen molar-refractivity contribution in [2.75, 3.05) is 11.9 Å². The molecule has 0 aliphatic rings. The molecule has 2 aromatic rings. The van der Waals surface area contributed by atoms with E-state index in [0.717, 1.165) is 16.1 Å². The van der Waals surface area contributed by atoms with Crippen molar-refractivity contribution in [1.29, 1.82) is 0 Å². The Morgan fingerprint density at radius 3 is 2.81 bits per heavy atom. The molecule has 2 rings (SSSR count). The van der Waals surface area contributed by atoms with E-state index in [1.54, 1.807) is 0 Å². The summed E-state index contributed by atoms with van der Waals surface area (Å²) in [6.07, 6.45) is 0. The fraction of sp³-hybridized carbons (Fsp3) is 0.200. The van der Waals surface area contributed by atoms with Gasteiger partial charge in [0.1, 0.15) is 0 Å². The van der Waals surface area contributed by atoms with Gasteiger partial charge in [0.2, 0.25) is 0 Å². The van der Waals surface area contributed by atoms with Crippen molar-refractivity contribution in [2.24, 2.45) is 10.9 Å². The lowest BCUT2D eigenvalue weighted by atomic mass is 10.1. The van der Waals surface area contributed by atoms with Crippen LogP contribution < -0.4 is 11.1 Å². The number of nitrogens with two attached hydrogens (primary N) is 1. The van der Waals surface area contributed by atoms with Crippen LogP contribution in [0.2, 0.25) is 0 Å². The maximum absolute atomic E-state index is 11.7. The van der Waals surface area contributed by atoms with Gasteiger partial charge in [0.05, 0.1) is 4.88 Å². The maximum Gasteiger partial charge on any atom is 0.265 e. The number of benzene rings is 1. The van der Waals surface area contributed by atoms with Crippen molar-refractivity contribution in [3.8, 4) is 0 Å². The first-order chi connectivity index (χ1) is 10.1. The molecule has 0 saturated heterocycles. The van der Waals surface area contributed by atoms with E-state index in [2.05, 4.69) is 10.5 Å². The molecule has 1 aromatic carbocycles. The standard InChI is InChI=1S/C15H17N3O2S/c1-10-5-6-12(8-11(10)2)17-14(19)9-20-18-15(16)13-4-3-7-21-13/h3-8H,9H2,1-2H3,(H2,16,18)(H,17,19). The van der Waals surface area contributed by atoms with Crippen LogP contribution in [0.5, 0.6) is 0 Å². The summed E-state index contributed by atoms with van der Waals surface area (Å²) < 4.78 is 0. The topological polar surface area (TPSA) is 76.7 Å². The summed E-state index contributed by atoms with van der Waals surface area (Å²) in [6.45, 7) is 3.83. The van der Waals surface area contributed by atoms with E-state index in [1.807, 2.05) is 49.6 Å². The summed E-state index contributed by atoms with van der Waals surface area (Å²) in [5, 5.41) is 8.36. The van der Waals surface area contributed by atoms with Gasteiger partial charge in [-0.1, -0.05) is 17.3 Å². The molecule has 0 aliphatic carbocycles. The van der Waals surface area contributed by atoms with Crippen LogP contribution >= 0.6 is 11.3 Å². The average molecular weight is 303 g/mol. The van der Waals surface area contributed by atoms with Gasteiger partial charge in [-0.25, -0.2) is 0 Å². The Kier molecular flexibility index (Phi) is 4.94. The Morgan fingerprint density at radius 1 is 1.33 bits per heavy atom. The number of thiophene rings is 1. The van der Waals surface area contributed by atoms with Crippen molar-refractivity contribution >= 4 is 28.8 Å². The third-order valence-electron chi connectivity index (χ3n) is 2.92. The number of oxime groups is 1. The quantitative estimate of drug-likeness (QED) is 0.506. The molecular formula is C15H17N3O2S. The SMILES string of the molecule is Cc1ccc(NC(=O)CO/N=C(/N)c2cccs2)cc1C. The molecule has 0 aliphatic heterocycles. The fourth-order valence-corrected chi connectivity index (χ4v) is 2.26. The van der Waals surface area contributed by atoms with Gasteiger partial charge in [-0.3, -0.25) is 4.79 Å². The lowest BCUT2D eigenvalue weighted by Gasteiger charge is -2.07. The van der Waals surface area contributed by atoms with Crippen LogP contribution in [0.3, 0.4) is 0 Å². The molecule has 0 radical (unpaired) electrons. The van der Waals surface area contributed by atoms with Crippen molar-refractivity contribution in [2.45, 2.75) is 13.8 Å². The number of carbonyl (C=O) groups excluding carboxylic acids is 1. The van der Waals surface area contributed by atoms with Crippen LogP contribution in [0.25, 0.3) is 0 Å². The zero-order valence-electron chi connectivity index (χ0n) is 11.9. The number of hydrogen-bond acceptors (Lipinski definition) is 4. The van der Waals surface area contributed by atoms with Crippen LogP contribution in [0, 0.1) is 13.8 Å². The second-order valence-corrected chi connectivity index (χ2v) is 5.52. The monoisotopic (exact) mass is 303 g/mol. The van der Waals surface area contributed by atoms with Gasteiger partial charge in [0.15, 0.2) is 12.4 Å². The van der Waals surface area contributed by atoms with Gasteiger partial charge in [0, 0.05) is 5.69 Å². The molecule has 1 heterocycles. The van der Waals surface area contributed by atoms with Crippen LogP contribution in [0.15, 0.2) is 40.9 Å². The highest BCUT2D eigenvalue weighted by Gasteiger charge is 2.05. The van der Waals surface area contributed by atoms with E-state index >= 15 is 0 Å². The van der Waals surface area contributed by atoms with Gasteiger partial charge < -0.3 is 15.9 Å². The Labute approximate surface area is 127 Å². The fourth-order valence-electron chi connectivity index (χ4n) is 1.65. The van der Waals surface area contributed by atoms with Crippen LogP contribution in [0.1, 0.15) is 16.0 Å². The number of amidine groups is 1. The van der Waals surface area contributed by atoms with Gasteiger partial charge in [0.25, 0.3) is 5.91 Å². The molecule has 0 spiro atoms. The minimum absolute atomic E-state index is 0.182. The molecule has 110 valence electrons. The third-order valence-corrected chi connectivity index (χ3v) is 3.82. The first-order valence-corrected chi connectivity index (χ1v) is 7.30. The molecule has 0 unspecified atom stereocenters. The van der Waals surface area contributed by atoms with Crippen molar-refractivity contribution in [3.05, 3.63) is 51.7 Å². The average Bonchev–Trinajstić information content (AvgIpc) is 2.97. The second-order valence-electron chi connectivity index (χ2n) is 4.57. The number of carbonyl (C=O) groups is 1. The number of hydrogen-bond donors (Lipinski definition) is 2. The summed E-state index contributed by atoms with van der Waals surface area (Å²) in [6, 6.07) is 9.43. The predicted molar refractivity (Wildman–Crippen MR) is 85.5 cm³/mol. The zero-order chi connectivity index (χ0) is 15.2. The Morgan fingerprint density at radius 2 is 2.14 bits per heavy atom. The number of rotatable bonds is 5. The summed E-state index contributed by atoms with van der Waals surface area (Å²) in [4.78, 5) is 17.5. The lowest BCUT2D eigenvalue weighted by Crippen LogP contribution is -2.19. The minimum Gasteiger partial charge on any atom is -0.384 e. The van der Waals surface area contributed by atoms with E-state index in [-0.39, 0.29) is 18.3 Å². The van der Waals surface area contributed by atoms with E-state index in [4.69, 9.17) is 10.6 Å². The van der Waals surface area contributed by atoms with E-state index in [0.29, 0.717) is 0 Å². The second kappa shape index (κ2) is 6.90. The smallest absolute Gasteiger partial charge is 0.265 e. The molecule has 3 N–H and O–H groups in total. The lowest BCUT2D eigenvalue weighted by molar-refractivity contribution is -0.120. The van der Waals surface area contributed by atoms with Crippen molar-refractivity contribution < 1.29 is 9.63 Å². The normalized spacial score (nSPS) is 11.2. The van der Waals surface area contributed by atoms with Crippen molar-refractivity contribution in [1.82, 2.24) is 0 Å². The first kappa shape index (κ1) is 15.1. The Balaban J connectivity index is 1.85. The van der Waals surface area contributed by atoms with Gasteiger partial charge >= 0.3 is 0 Å². The van der Waals surface area contributed by atoms with Crippen LogP contribution in [0.4, 0.5) is 5.69 Å². The molecule has 0 bridgehead atoms. The predicted octanol–water partition coefficient (Wildman–Crippen LogP) is 2.64. The van der Waals surface area contributed by atoms with E-state index in [9.17, 15) is 4.79 Å². The number of nitrogens with zero attached hydrogens (tertiary/aromatic N) is 1. The van der Waals surface area contributed by atoms with E-state index in [1.165, 1.54) is 16.9 Å². The number of anilines is 1. The zero-order valence-corrected chi connectivity index (χ0v) is 12.7. The molecule has 6 heteroatoms. The number of nitrogens with one attached hydrogen (secondary N) is 1. The van der Waals surface area contributed by atoms with Crippen LogP contribution in [-0.4, -0.2) is 18.3 Å². The summed E-state index contributed by atoms with van der Waals surface area (Å²) in [5.41, 5.74) is 8.75. The number of amides is 1. The molecular weight excluding hydrogens is 286 g/mol. The Hall–Kier alpha value is -2.34. The molecule has 0 atom stereocenters. The molecule has 1 aromatic heterocycles. The summed E-state index contributed by atoms with van der Waals surface area (Å²) in [5.74, 6) is -0.00929. The maximum atomic E-state index is 11.7. The highest BCUT2D eigenvalue weighted by Crippen LogP contribution is 2.14. The summed E-state index contributed by atoms with van der Waals surface area (Å²) in [7, 11) is 0. The molecule has 0 fully saturated rings. The molecule has 1 amide bonds. The minimum atomic E-state index is -0.277. The van der Waals surface area contributed by atoms with Gasteiger partial charge in [-0.2, -0.15) is 0 Å². The molecule has 21 heavy (non-hydrogen) atoms. The Bertz CT molecular complexity index is 651. The molecule has 5 nitrogen and oxygen atoms in total. The highest BCUT2D eigenvalue weighted by atomic mass is 32.1. The molecule has 0 saturated carbocycles. The van der Waals surface area contributed by atoms with Gasteiger partial charge in [-0.05, 0) is 48.6 Å². The van der Waals surface area contributed by atoms with Gasteiger partial charge in [-0.15, -0.1) is 11.3 Å². The first-order valence-electron chi connectivity index (χ1n) is 6.42. The van der Waals surface area contributed by atoms with E-state index < -0.39 is 0 Å². The largest absolute Gasteiger partial charge is 0.384 e. The highest BCUT2D eigenvalue weighted by molar-refractivity contribution is 7.12. The number of aryl methyl sites for hydroxylation is 2. The van der Waals surface area contributed by atoms with Crippen molar-refractivity contribution in [3.63, 3.8) is 0 Å². The summed E-state index contributed by atoms with van der Waals surface area (Å²) >= 11 is 1.46. The van der Waals surface area contributed by atoms with Crippen LogP contribution in [-0.2, 0) is 9.63 Å².